The summed E-state index contributed by atoms with van der Waals surface area (Å²) in [5.41, 5.74) is 3.36. The van der Waals surface area contributed by atoms with Crippen LogP contribution in [0, 0.1) is 0 Å². The monoisotopic (exact) mass is 499 g/mol. The number of aryl methyl sites for hydroxylation is 1. The number of halogens is 2. The molecule has 0 amide bonds. The molecule has 4 aromatic rings. The van der Waals surface area contributed by atoms with Crippen LogP contribution in [0.15, 0.2) is 62.6 Å². The Labute approximate surface area is 191 Å². The molecular formula is C23H19BrClN3O3. The maximum absolute atomic E-state index is 13.3. The molecule has 0 aliphatic carbocycles. The van der Waals surface area contributed by atoms with Gasteiger partial charge in [0.25, 0.3) is 5.56 Å². The standard InChI is InChI=1S/C23H19BrClN3O3/c1-26-19-17(22(29)27(2)23(26)30)18(13-3-7-15(24)8-4-13)28-11-12-31-21(20(19)28)14-5-9-16(25)10-6-14/h3-10,21H,11-12H2,1-2H3. The average Bonchev–Trinajstić information content (AvgIpc) is 3.13. The fraction of sp³-hybridized carbons (Fsp3) is 0.217. The van der Waals surface area contributed by atoms with Gasteiger partial charge in [-0.15, -0.1) is 0 Å². The Morgan fingerprint density at radius 2 is 1.68 bits per heavy atom. The fourth-order valence-electron chi connectivity index (χ4n) is 4.38. The molecule has 31 heavy (non-hydrogen) atoms. The highest BCUT2D eigenvalue weighted by Crippen LogP contribution is 2.40. The van der Waals surface area contributed by atoms with Crippen molar-refractivity contribution in [1.29, 1.82) is 0 Å². The largest absolute Gasteiger partial charge is 0.365 e. The molecule has 1 unspecified atom stereocenters. The molecule has 0 saturated carbocycles. The van der Waals surface area contributed by atoms with Crippen molar-refractivity contribution >= 4 is 38.4 Å². The second-order valence-corrected chi connectivity index (χ2v) is 8.98. The summed E-state index contributed by atoms with van der Waals surface area (Å²) in [5.74, 6) is 0. The van der Waals surface area contributed by atoms with E-state index in [9.17, 15) is 9.59 Å². The van der Waals surface area contributed by atoms with Crippen LogP contribution in [0.2, 0.25) is 5.02 Å². The molecule has 0 bridgehead atoms. The van der Waals surface area contributed by atoms with Crippen molar-refractivity contribution in [3.63, 3.8) is 0 Å². The summed E-state index contributed by atoms with van der Waals surface area (Å²) in [6, 6.07) is 15.3. The number of hydrogen-bond donors (Lipinski definition) is 0. The number of ether oxygens (including phenoxy) is 1. The smallest absolute Gasteiger partial charge is 0.331 e. The minimum atomic E-state index is -0.421. The first-order valence-corrected chi connectivity index (χ1v) is 11.0. The van der Waals surface area contributed by atoms with Gasteiger partial charge in [-0.25, -0.2) is 4.79 Å². The van der Waals surface area contributed by atoms with Crippen LogP contribution >= 0.6 is 27.5 Å². The minimum Gasteiger partial charge on any atom is -0.365 e. The Balaban J connectivity index is 1.93. The second-order valence-electron chi connectivity index (χ2n) is 7.62. The number of hydrogen-bond acceptors (Lipinski definition) is 3. The first-order chi connectivity index (χ1) is 14.9. The van der Waals surface area contributed by atoms with E-state index in [1.165, 1.54) is 7.05 Å². The molecule has 3 heterocycles. The molecule has 5 rings (SSSR count). The molecule has 158 valence electrons. The van der Waals surface area contributed by atoms with E-state index in [1.807, 2.05) is 48.5 Å². The molecule has 1 aliphatic heterocycles. The summed E-state index contributed by atoms with van der Waals surface area (Å²) < 4.78 is 12.0. The summed E-state index contributed by atoms with van der Waals surface area (Å²) in [4.78, 5) is 26.2. The van der Waals surface area contributed by atoms with E-state index in [2.05, 4.69) is 20.5 Å². The van der Waals surface area contributed by atoms with Crippen molar-refractivity contribution in [3.05, 3.63) is 90.1 Å². The van der Waals surface area contributed by atoms with E-state index < -0.39 is 6.10 Å². The SMILES string of the molecule is Cn1c(=O)c2c(-c3ccc(Br)cc3)n3c(c2n(C)c1=O)C(c1ccc(Cl)cc1)OCC3. The van der Waals surface area contributed by atoms with Crippen molar-refractivity contribution < 1.29 is 4.74 Å². The first-order valence-electron chi connectivity index (χ1n) is 9.83. The molecule has 0 fully saturated rings. The van der Waals surface area contributed by atoms with Crippen molar-refractivity contribution in [1.82, 2.24) is 13.7 Å². The van der Waals surface area contributed by atoms with Crippen LogP contribution in [0.3, 0.4) is 0 Å². The quantitative estimate of drug-likeness (QED) is 0.414. The number of benzene rings is 2. The topological polar surface area (TPSA) is 58.2 Å². The van der Waals surface area contributed by atoms with Gasteiger partial charge in [-0.1, -0.05) is 51.8 Å². The van der Waals surface area contributed by atoms with E-state index in [1.54, 1.807) is 11.6 Å². The van der Waals surface area contributed by atoms with E-state index in [0.29, 0.717) is 29.1 Å². The van der Waals surface area contributed by atoms with Crippen LogP contribution in [0.5, 0.6) is 0 Å². The minimum absolute atomic E-state index is 0.312. The third-order valence-electron chi connectivity index (χ3n) is 5.84. The summed E-state index contributed by atoms with van der Waals surface area (Å²) >= 11 is 9.57. The van der Waals surface area contributed by atoms with Crippen LogP contribution < -0.4 is 11.2 Å². The fourth-order valence-corrected chi connectivity index (χ4v) is 4.77. The highest BCUT2D eigenvalue weighted by Gasteiger charge is 2.33. The van der Waals surface area contributed by atoms with E-state index in [0.717, 1.165) is 31.6 Å². The molecule has 2 aromatic carbocycles. The van der Waals surface area contributed by atoms with Crippen molar-refractivity contribution in [2.45, 2.75) is 12.6 Å². The lowest BCUT2D eigenvalue weighted by Gasteiger charge is -2.27. The van der Waals surface area contributed by atoms with Gasteiger partial charge >= 0.3 is 5.69 Å². The molecule has 8 heteroatoms. The molecule has 0 saturated heterocycles. The summed E-state index contributed by atoms with van der Waals surface area (Å²) in [5, 5.41) is 1.16. The van der Waals surface area contributed by atoms with Gasteiger partial charge in [0, 0.05) is 30.1 Å². The van der Waals surface area contributed by atoms with Crippen molar-refractivity contribution in [3.8, 4) is 11.3 Å². The zero-order valence-corrected chi connectivity index (χ0v) is 19.3. The highest BCUT2D eigenvalue weighted by atomic mass is 79.9. The Bertz CT molecular complexity index is 1430. The number of aromatic nitrogens is 3. The highest BCUT2D eigenvalue weighted by molar-refractivity contribution is 9.10. The Morgan fingerprint density at radius 1 is 1.00 bits per heavy atom. The van der Waals surface area contributed by atoms with Gasteiger partial charge in [0.2, 0.25) is 0 Å². The van der Waals surface area contributed by atoms with Crippen molar-refractivity contribution in [2.75, 3.05) is 6.61 Å². The maximum Gasteiger partial charge on any atom is 0.331 e. The lowest BCUT2D eigenvalue weighted by molar-refractivity contribution is 0.0478. The van der Waals surface area contributed by atoms with Gasteiger partial charge in [-0.05, 0) is 35.4 Å². The molecule has 1 atom stereocenters. The van der Waals surface area contributed by atoms with E-state index in [-0.39, 0.29) is 11.2 Å². The lowest BCUT2D eigenvalue weighted by Crippen LogP contribution is -2.37. The summed E-state index contributed by atoms with van der Waals surface area (Å²) in [7, 11) is 3.21. The summed E-state index contributed by atoms with van der Waals surface area (Å²) in [6.45, 7) is 1.07. The molecule has 6 nitrogen and oxygen atoms in total. The van der Waals surface area contributed by atoms with Gasteiger partial charge in [0.05, 0.1) is 28.9 Å². The predicted molar refractivity (Wildman–Crippen MR) is 125 cm³/mol. The van der Waals surface area contributed by atoms with Crippen LogP contribution in [0.25, 0.3) is 22.2 Å². The number of nitrogens with zero attached hydrogens (tertiary/aromatic N) is 3. The van der Waals surface area contributed by atoms with Crippen LogP contribution in [-0.2, 0) is 25.4 Å². The molecule has 0 radical (unpaired) electrons. The number of fused-ring (bicyclic) bond motifs is 3. The molecule has 1 aliphatic rings. The van der Waals surface area contributed by atoms with Gasteiger partial charge in [-0.3, -0.25) is 13.9 Å². The van der Waals surface area contributed by atoms with Crippen molar-refractivity contribution in [2.24, 2.45) is 14.1 Å². The molecule has 2 aromatic heterocycles. The molecular weight excluding hydrogens is 482 g/mol. The zero-order chi connectivity index (χ0) is 21.9. The van der Waals surface area contributed by atoms with Gasteiger partial charge in [0.1, 0.15) is 6.10 Å². The Morgan fingerprint density at radius 3 is 2.35 bits per heavy atom. The van der Waals surface area contributed by atoms with Crippen LogP contribution in [0.1, 0.15) is 17.4 Å². The Hall–Kier alpha value is -2.61. The van der Waals surface area contributed by atoms with E-state index in [4.69, 9.17) is 16.3 Å². The second kappa shape index (κ2) is 7.51. The molecule has 0 spiro atoms. The predicted octanol–water partition coefficient (Wildman–Crippen LogP) is 4.24. The van der Waals surface area contributed by atoms with Crippen LogP contribution in [-0.4, -0.2) is 20.3 Å². The average molecular weight is 501 g/mol. The third-order valence-corrected chi connectivity index (χ3v) is 6.62. The van der Waals surface area contributed by atoms with Gasteiger partial charge < -0.3 is 9.30 Å². The zero-order valence-electron chi connectivity index (χ0n) is 16.9. The third kappa shape index (κ3) is 3.11. The Kier molecular flexibility index (Phi) is 4.92. The normalized spacial score (nSPS) is 15.9. The molecule has 0 N–H and O–H groups in total. The maximum atomic E-state index is 13.3. The number of rotatable bonds is 2. The van der Waals surface area contributed by atoms with Crippen LogP contribution in [0.4, 0.5) is 0 Å². The van der Waals surface area contributed by atoms with Gasteiger partial charge in [0.15, 0.2) is 0 Å². The first kappa shape index (κ1) is 20.3. The van der Waals surface area contributed by atoms with Gasteiger partial charge in [-0.2, -0.15) is 0 Å². The lowest BCUT2D eigenvalue weighted by atomic mass is 10.0. The summed E-state index contributed by atoms with van der Waals surface area (Å²) in [6.07, 6.45) is -0.421. The van der Waals surface area contributed by atoms with E-state index >= 15 is 0 Å².